The van der Waals surface area contributed by atoms with Crippen molar-refractivity contribution in [2.45, 2.75) is 6.18 Å². The van der Waals surface area contributed by atoms with Gasteiger partial charge in [-0.2, -0.15) is 18.3 Å². The number of carbonyl (C=O) groups is 1. The van der Waals surface area contributed by atoms with E-state index >= 15 is 0 Å². The number of carbonyl (C=O) groups excluding carboxylic acids is 1. The summed E-state index contributed by atoms with van der Waals surface area (Å²) in [6, 6.07) is 21.2. The Kier molecular flexibility index (Phi) is 5.33. The van der Waals surface area contributed by atoms with Gasteiger partial charge in [-0.25, -0.2) is 10.4 Å². The van der Waals surface area contributed by atoms with Gasteiger partial charge in [0.2, 0.25) is 0 Å². The Labute approximate surface area is 191 Å². The molecule has 0 radical (unpaired) electrons. The van der Waals surface area contributed by atoms with E-state index in [0.29, 0.717) is 22.3 Å². The summed E-state index contributed by atoms with van der Waals surface area (Å²) >= 11 is 0. The third kappa shape index (κ3) is 4.13. The topological polar surface area (TPSA) is 67.5 Å². The van der Waals surface area contributed by atoms with Crippen molar-refractivity contribution in [1.29, 1.82) is 0 Å². The smallest absolute Gasteiger partial charge is 0.416 e. The van der Waals surface area contributed by atoms with Gasteiger partial charge in [0.15, 0.2) is 5.76 Å². The van der Waals surface area contributed by atoms with E-state index in [1.54, 1.807) is 12.1 Å². The number of nitrogens with one attached hydrogen (secondary N) is 1. The van der Waals surface area contributed by atoms with Crippen molar-refractivity contribution >= 4 is 33.8 Å². The summed E-state index contributed by atoms with van der Waals surface area (Å²) in [6.45, 7) is 0. The Morgan fingerprint density at radius 2 is 1.74 bits per heavy atom. The molecule has 1 amide bonds. The van der Waals surface area contributed by atoms with Crippen LogP contribution in [0.5, 0.6) is 0 Å². The van der Waals surface area contributed by atoms with Gasteiger partial charge < -0.3 is 4.42 Å². The fourth-order valence-corrected chi connectivity index (χ4v) is 3.69. The van der Waals surface area contributed by atoms with Crippen LogP contribution in [-0.2, 0) is 6.18 Å². The van der Waals surface area contributed by atoms with E-state index in [1.165, 1.54) is 30.7 Å². The number of fused-ring (bicyclic) bond motifs is 3. The first-order valence-corrected chi connectivity index (χ1v) is 10.3. The van der Waals surface area contributed by atoms with Crippen LogP contribution in [0.25, 0.3) is 32.9 Å². The monoisotopic (exact) mass is 459 g/mol. The minimum atomic E-state index is -4.42. The summed E-state index contributed by atoms with van der Waals surface area (Å²) in [4.78, 5) is 16.9. The van der Waals surface area contributed by atoms with Crippen LogP contribution in [0.2, 0.25) is 0 Å². The standard InChI is InChI=1S/C26H16F3N3O2/c27-26(28,29)19-10-7-17(8-11-19)22-14-18(15-30-32-25(33)23-6-3-13-34-23)21-12-9-16-4-1-2-5-20(16)24(21)31-22/h1-15H,(H,32,33). The van der Waals surface area contributed by atoms with Crippen molar-refractivity contribution in [3.63, 3.8) is 0 Å². The maximum absolute atomic E-state index is 13.0. The Bertz CT molecular complexity index is 1520. The molecule has 0 saturated carbocycles. The number of hydrogen-bond donors (Lipinski definition) is 1. The lowest BCUT2D eigenvalue weighted by Gasteiger charge is -2.11. The fourth-order valence-electron chi connectivity index (χ4n) is 3.69. The average Bonchev–Trinajstić information content (AvgIpc) is 3.38. The highest BCUT2D eigenvalue weighted by Crippen LogP contribution is 2.33. The number of halogens is 3. The number of hydrogen-bond acceptors (Lipinski definition) is 4. The van der Waals surface area contributed by atoms with E-state index in [9.17, 15) is 18.0 Å². The van der Waals surface area contributed by atoms with Gasteiger partial charge in [-0.3, -0.25) is 4.79 Å². The van der Waals surface area contributed by atoms with Crippen LogP contribution < -0.4 is 5.43 Å². The maximum atomic E-state index is 13.0. The van der Waals surface area contributed by atoms with Gasteiger partial charge >= 0.3 is 12.1 Å². The lowest BCUT2D eigenvalue weighted by molar-refractivity contribution is -0.137. The summed E-state index contributed by atoms with van der Waals surface area (Å²) in [5.74, 6) is -0.388. The van der Waals surface area contributed by atoms with Crippen LogP contribution in [0.15, 0.2) is 94.6 Å². The summed E-state index contributed by atoms with van der Waals surface area (Å²) < 4.78 is 44.1. The minimum absolute atomic E-state index is 0.119. The van der Waals surface area contributed by atoms with Crippen LogP contribution in [0, 0.1) is 0 Å². The predicted octanol–water partition coefficient (Wildman–Crippen LogP) is 6.43. The van der Waals surface area contributed by atoms with Gasteiger partial charge in [0.25, 0.3) is 0 Å². The van der Waals surface area contributed by atoms with Gasteiger partial charge in [0.05, 0.1) is 29.3 Å². The van der Waals surface area contributed by atoms with E-state index in [1.807, 2.05) is 36.4 Å². The molecule has 1 N–H and O–H groups in total. The van der Waals surface area contributed by atoms with Crippen molar-refractivity contribution in [3.8, 4) is 11.3 Å². The van der Waals surface area contributed by atoms with Crippen molar-refractivity contribution in [2.24, 2.45) is 5.10 Å². The molecule has 0 fully saturated rings. The van der Waals surface area contributed by atoms with Crippen molar-refractivity contribution in [2.75, 3.05) is 0 Å². The van der Waals surface area contributed by atoms with Gasteiger partial charge in [0.1, 0.15) is 0 Å². The molecular weight excluding hydrogens is 443 g/mol. The molecule has 2 aromatic heterocycles. The molecule has 8 heteroatoms. The molecule has 0 unspecified atom stereocenters. The second-order valence-electron chi connectivity index (χ2n) is 7.53. The number of hydrazone groups is 1. The van der Waals surface area contributed by atoms with E-state index in [-0.39, 0.29) is 5.76 Å². The first kappa shape index (κ1) is 21.4. The molecule has 5 aromatic rings. The predicted molar refractivity (Wildman–Crippen MR) is 123 cm³/mol. The third-order valence-corrected chi connectivity index (χ3v) is 5.36. The number of alkyl halides is 3. The average molecular weight is 459 g/mol. The third-order valence-electron chi connectivity index (χ3n) is 5.36. The van der Waals surface area contributed by atoms with Crippen LogP contribution in [0.1, 0.15) is 21.7 Å². The van der Waals surface area contributed by atoms with E-state index in [2.05, 4.69) is 10.5 Å². The second kappa shape index (κ2) is 8.47. The first-order chi connectivity index (χ1) is 16.4. The summed E-state index contributed by atoms with van der Waals surface area (Å²) in [6.07, 6.45) is -1.56. The van der Waals surface area contributed by atoms with Crippen molar-refractivity contribution < 1.29 is 22.4 Å². The fraction of sp³-hybridized carbons (Fsp3) is 0.0385. The number of nitrogens with zero attached hydrogens (tertiary/aromatic N) is 2. The molecule has 0 spiro atoms. The normalized spacial score (nSPS) is 12.0. The molecule has 0 atom stereocenters. The quantitative estimate of drug-likeness (QED) is 0.191. The Morgan fingerprint density at radius 3 is 2.47 bits per heavy atom. The number of aromatic nitrogens is 1. The number of rotatable bonds is 4. The number of amides is 1. The number of pyridine rings is 1. The summed E-state index contributed by atoms with van der Waals surface area (Å²) in [5.41, 5.74) is 4.01. The molecule has 168 valence electrons. The second-order valence-corrected chi connectivity index (χ2v) is 7.53. The molecule has 0 aliphatic heterocycles. The van der Waals surface area contributed by atoms with E-state index < -0.39 is 17.6 Å². The summed E-state index contributed by atoms with van der Waals surface area (Å²) in [5, 5.41) is 6.70. The zero-order valence-corrected chi connectivity index (χ0v) is 17.5. The molecule has 5 rings (SSSR count). The van der Waals surface area contributed by atoms with Crippen LogP contribution >= 0.6 is 0 Å². The zero-order chi connectivity index (χ0) is 23.7. The van der Waals surface area contributed by atoms with Crippen LogP contribution in [0.4, 0.5) is 13.2 Å². The maximum Gasteiger partial charge on any atom is 0.416 e. The van der Waals surface area contributed by atoms with Crippen LogP contribution in [0.3, 0.4) is 0 Å². The van der Waals surface area contributed by atoms with E-state index in [0.717, 1.165) is 28.3 Å². The molecular formula is C26H16F3N3O2. The molecule has 2 heterocycles. The van der Waals surface area contributed by atoms with Gasteiger partial charge in [-0.15, -0.1) is 0 Å². The molecule has 0 saturated heterocycles. The highest BCUT2D eigenvalue weighted by atomic mass is 19.4. The highest BCUT2D eigenvalue weighted by Gasteiger charge is 2.30. The van der Waals surface area contributed by atoms with Gasteiger partial charge in [-0.1, -0.05) is 48.5 Å². The summed E-state index contributed by atoms with van der Waals surface area (Å²) in [7, 11) is 0. The number of benzene rings is 3. The zero-order valence-electron chi connectivity index (χ0n) is 17.5. The van der Waals surface area contributed by atoms with Gasteiger partial charge in [-0.05, 0) is 35.7 Å². The lowest BCUT2D eigenvalue weighted by atomic mass is 10.00. The molecule has 0 aliphatic rings. The molecule has 0 aliphatic carbocycles. The van der Waals surface area contributed by atoms with Crippen molar-refractivity contribution in [3.05, 3.63) is 102 Å². The molecule has 34 heavy (non-hydrogen) atoms. The number of furan rings is 1. The van der Waals surface area contributed by atoms with Gasteiger partial charge in [0, 0.05) is 21.9 Å². The largest absolute Gasteiger partial charge is 0.459 e. The Morgan fingerprint density at radius 1 is 0.941 bits per heavy atom. The SMILES string of the molecule is O=C(NN=Cc1cc(-c2ccc(C(F)(F)F)cc2)nc2c1ccc1ccccc12)c1ccco1. The molecule has 3 aromatic carbocycles. The highest BCUT2D eigenvalue weighted by molar-refractivity contribution is 6.11. The molecule has 5 nitrogen and oxygen atoms in total. The first-order valence-electron chi connectivity index (χ1n) is 10.3. The Hall–Kier alpha value is -4.46. The van der Waals surface area contributed by atoms with Crippen LogP contribution in [-0.4, -0.2) is 17.1 Å². The Balaban J connectivity index is 1.61. The minimum Gasteiger partial charge on any atom is -0.459 e. The van der Waals surface area contributed by atoms with E-state index in [4.69, 9.17) is 9.40 Å². The molecule has 0 bridgehead atoms. The van der Waals surface area contributed by atoms with Crippen molar-refractivity contribution in [1.82, 2.24) is 10.4 Å². The lowest BCUT2D eigenvalue weighted by Crippen LogP contribution is -2.16.